The Morgan fingerprint density at radius 1 is 1.19 bits per heavy atom. The van der Waals surface area contributed by atoms with Crippen LogP contribution in [0.25, 0.3) is 10.2 Å². The van der Waals surface area contributed by atoms with Gasteiger partial charge in [-0.25, -0.2) is 4.98 Å². The molecule has 0 aliphatic carbocycles. The number of benzene rings is 2. The Hall–Kier alpha value is -2.64. The molecule has 1 aliphatic heterocycles. The molecule has 3 aromatic rings. The Bertz CT molecular complexity index is 1050. The van der Waals surface area contributed by atoms with Gasteiger partial charge >= 0.3 is 0 Å². The zero-order valence-electron chi connectivity index (χ0n) is 18.4. The molecule has 0 spiro atoms. The number of methoxy groups -OCH3 is 2. The molecule has 1 aliphatic rings. The van der Waals surface area contributed by atoms with Gasteiger partial charge in [-0.1, -0.05) is 35.1 Å². The van der Waals surface area contributed by atoms with E-state index in [0.717, 1.165) is 46.6 Å². The average Bonchev–Trinajstić information content (AvgIpc) is 3.43. The SMILES string of the molecule is COc1ccc(OC)c2sc(N(CC3CCCO3)C(=O)Cc3cc(C)ccc3C)nc12. The Balaban J connectivity index is 1.72. The van der Waals surface area contributed by atoms with Crippen molar-refractivity contribution >= 4 is 32.6 Å². The molecular formula is C24H28N2O4S. The number of nitrogens with zero attached hydrogens (tertiary/aromatic N) is 2. The first-order chi connectivity index (χ1) is 15.0. The lowest BCUT2D eigenvalue weighted by atomic mass is 10.0. The van der Waals surface area contributed by atoms with Crippen molar-refractivity contribution in [3.05, 3.63) is 47.0 Å². The van der Waals surface area contributed by atoms with Crippen molar-refractivity contribution in [2.45, 2.75) is 39.2 Å². The van der Waals surface area contributed by atoms with E-state index in [1.54, 1.807) is 19.1 Å². The summed E-state index contributed by atoms with van der Waals surface area (Å²) in [6, 6.07) is 9.93. The maximum atomic E-state index is 13.5. The van der Waals surface area contributed by atoms with Crippen molar-refractivity contribution in [1.29, 1.82) is 0 Å². The average molecular weight is 441 g/mol. The van der Waals surface area contributed by atoms with Gasteiger partial charge in [0.25, 0.3) is 0 Å². The summed E-state index contributed by atoms with van der Waals surface area (Å²) in [6.45, 7) is 5.32. The van der Waals surface area contributed by atoms with Gasteiger partial charge < -0.3 is 14.2 Å². The second-order valence-corrected chi connectivity index (χ2v) is 8.87. The van der Waals surface area contributed by atoms with Crippen molar-refractivity contribution in [2.75, 3.05) is 32.3 Å². The summed E-state index contributed by atoms with van der Waals surface area (Å²) in [6.07, 6.45) is 2.32. The number of hydrogen-bond acceptors (Lipinski definition) is 6. The number of rotatable bonds is 7. The van der Waals surface area contributed by atoms with E-state index in [2.05, 4.69) is 18.2 Å². The van der Waals surface area contributed by atoms with Crippen LogP contribution < -0.4 is 14.4 Å². The van der Waals surface area contributed by atoms with Gasteiger partial charge in [0.1, 0.15) is 21.7 Å². The zero-order chi connectivity index (χ0) is 22.0. The first-order valence-electron chi connectivity index (χ1n) is 10.5. The van der Waals surface area contributed by atoms with Crippen LogP contribution in [-0.4, -0.2) is 44.4 Å². The molecule has 164 valence electrons. The zero-order valence-corrected chi connectivity index (χ0v) is 19.3. The third-order valence-corrected chi connectivity index (χ3v) is 6.78. The highest BCUT2D eigenvalue weighted by Gasteiger charge is 2.27. The van der Waals surface area contributed by atoms with Crippen molar-refractivity contribution in [1.82, 2.24) is 4.98 Å². The molecule has 0 saturated carbocycles. The molecule has 1 atom stereocenters. The van der Waals surface area contributed by atoms with Crippen LogP contribution in [-0.2, 0) is 16.0 Å². The van der Waals surface area contributed by atoms with E-state index in [4.69, 9.17) is 19.2 Å². The summed E-state index contributed by atoms with van der Waals surface area (Å²) in [5, 5.41) is 0.642. The second-order valence-electron chi connectivity index (χ2n) is 7.89. The molecule has 1 aromatic heterocycles. The van der Waals surface area contributed by atoms with Gasteiger partial charge in [-0.2, -0.15) is 0 Å². The summed E-state index contributed by atoms with van der Waals surface area (Å²) >= 11 is 1.45. The van der Waals surface area contributed by atoms with E-state index in [0.29, 0.717) is 29.4 Å². The molecule has 0 bridgehead atoms. The monoisotopic (exact) mass is 440 g/mol. The van der Waals surface area contributed by atoms with E-state index in [1.807, 2.05) is 26.0 Å². The number of ether oxygens (including phenoxy) is 3. The molecule has 2 aromatic carbocycles. The van der Waals surface area contributed by atoms with Crippen molar-refractivity contribution in [3.63, 3.8) is 0 Å². The molecule has 2 heterocycles. The molecule has 4 rings (SSSR count). The molecule has 0 radical (unpaired) electrons. The smallest absolute Gasteiger partial charge is 0.233 e. The first-order valence-corrected chi connectivity index (χ1v) is 11.3. The van der Waals surface area contributed by atoms with Crippen LogP contribution in [0.3, 0.4) is 0 Å². The highest BCUT2D eigenvalue weighted by molar-refractivity contribution is 7.22. The predicted molar refractivity (Wildman–Crippen MR) is 124 cm³/mol. The Morgan fingerprint density at radius 2 is 1.97 bits per heavy atom. The van der Waals surface area contributed by atoms with Crippen molar-refractivity contribution in [2.24, 2.45) is 0 Å². The third-order valence-electron chi connectivity index (χ3n) is 5.69. The maximum Gasteiger partial charge on any atom is 0.233 e. The van der Waals surface area contributed by atoms with Gasteiger partial charge in [0.05, 0.1) is 33.3 Å². The van der Waals surface area contributed by atoms with Crippen LogP contribution in [0.2, 0.25) is 0 Å². The summed E-state index contributed by atoms with van der Waals surface area (Å²) in [5.74, 6) is 1.40. The Kier molecular flexibility index (Phi) is 6.43. The summed E-state index contributed by atoms with van der Waals surface area (Å²) < 4.78 is 17.7. The normalized spacial score (nSPS) is 15.9. The van der Waals surface area contributed by atoms with Crippen LogP contribution in [0.4, 0.5) is 5.13 Å². The standard InChI is InChI=1S/C24H28N2O4S/c1-15-7-8-16(2)17(12-15)13-21(27)26(14-18-6-5-11-30-18)24-25-22-19(28-3)9-10-20(29-4)23(22)31-24/h7-10,12,18H,5-6,11,13-14H2,1-4H3. The molecule has 0 N–H and O–H groups in total. The number of aryl methyl sites for hydroxylation is 2. The molecule has 7 heteroatoms. The van der Waals surface area contributed by atoms with E-state index >= 15 is 0 Å². The highest BCUT2D eigenvalue weighted by atomic mass is 32.1. The second kappa shape index (κ2) is 9.24. The molecule has 1 amide bonds. The summed E-state index contributed by atoms with van der Waals surface area (Å²) in [4.78, 5) is 20.1. The van der Waals surface area contributed by atoms with Crippen LogP contribution in [0, 0.1) is 13.8 Å². The number of carbonyl (C=O) groups is 1. The third kappa shape index (κ3) is 4.52. The molecule has 1 unspecified atom stereocenters. The van der Waals surface area contributed by atoms with E-state index in [1.165, 1.54) is 11.3 Å². The summed E-state index contributed by atoms with van der Waals surface area (Å²) in [7, 11) is 3.26. The first kappa shape index (κ1) is 21.6. The predicted octanol–water partition coefficient (Wildman–Crippen LogP) is 4.69. The summed E-state index contributed by atoms with van der Waals surface area (Å²) in [5.41, 5.74) is 4.01. The Morgan fingerprint density at radius 3 is 2.68 bits per heavy atom. The molecule has 1 fully saturated rings. The van der Waals surface area contributed by atoms with Crippen molar-refractivity contribution < 1.29 is 19.0 Å². The number of anilines is 1. The lowest BCUT2D eigenvalue weighted by molar-refractivity contribution is -0.118. The van der Waals surface area contributed by atoms with Gasteiger partial charge in [-0.05, 0) is 49.9 Å². The highest BCUT2D eigenvalue weighted by Crippen LogP contribution is 2.40. The van der Waals surface area contributed by atoms with Gasteiger partial charge in [0.2, 0.25) is 5.91 Å². The lowest BCUT2D eigenvalue weighted by Gasteiger charge is -2.23. The fourth-order valence-corrected chi connectivity index (χ4v) is 5.02. The lowest BCUT2D eigenvalue weighted by Crippen LogP contribution is -2.38. The van der Waals surface area contributed by atoms with Crippen LogP contribution in [0.5, 0.6) is 11.5 Å². The maximum absolute atomic E-state index is 13.5. The number of aromatic nitrogens is 1. The van der Waals surface area contributed by atoms with Crippen LogP contribution in [0.15, 0.2) is 30.3 Å². The molecule has 1 saturated heterocycles. The number of thiazole rings is 1. The fourth-order valence-electron chi connectivity index (χ4n) is 3.92. The number of carbonyl (C=O) groups excluding carboxylic acids is 1. The Labute approximate surface area is 186 Å². The topological polar surface area (TPSA) is 60.9 Å². The number of fused-ring (bicyclic) bond motifs is 1. The van der Waals surface area contributed by atoms with Gasteiger partial charge in [-0.3, -0.25) is 9.69 Å². The van der Waals surface area contributed by atoms with Crippen LogP contribution >= 0.6 is 11.3 Å². The fraction of sp³-hybridized carbons (Fsp3) is 0.417. The van der Waals surface area contributed by atoms with Gasteiger partial charge in [-0.15, -0.1) is 0 Å². The number of amides is 1. The largest absolute Gasteiger partial charge is 0.495 e. The minimum atomic E-state index is 0.0150. The quantitative estimate of drug-likeness (QED) is 0.534. The molecule has 31 heavy (non-hydrogen) atoms. The van der Waals surface area contributed by atoms with Gasteiger partial charge in [0.15, 0.2) is 5.13 Å². The van der Waals surface area contributed by atoms with E-state index in [-0.39, 0.29) is 12.0 Å². The van der Waals surface area contributed by atoms with Gasteiger partial charge in [0, 0.05) is 6.61 Å². The van der Waals surface area contributed by atoms with Crippen LogP contribution in [0.1, 0.15) is 29.5 Å². The van der Waals surface area contributed by atoms with E-state index < -0.39 is 0 Å². The minimum absolute atomic E-state index is 0.0150. The number of hydrogen-bond donors (Lipinski definition) is 0. The molecular weight excluding hydrogens is 412 g/mol. The van der Waals surface area contributed by atoms with Crippen molar-refractivity contribution in [3.8, 4) is 11.5 Å². The van der Waals surface area contributed by atoms with E-state index in [9.17, 15) is 4.79 Å². The minimum Gasteiger partial charge on any atom is -0.495 e. The molecule has 6 nitrogen and oxygen atoms in total.